The second-order valence-corrected chi connectivity index (χ2v) is 10.1. The van der Waals surface area contributed by atoms with Crippen molar-refractivity contribution in [2.45, 2.75) is 61.4 Å². The standard InChI is InChI=1S/C27H30O16/c28-7-17-20(34)21(35)23(37)27(41-17)43-25-18(8-29)42-26(24(38)22(25)36)39-10-4-13(32)19-14(33)6-15(40-16(19)5-10)9-1-2-11(30)12(31)3-9/h1-6,17-18,20-32,34-38H,7-8H2/t17-,18-,20+,21+,22-,23-,24-,25-,26-,27+/m1/s1. The van der Waals surface area contributed by atoms with Crippen molar-refractivity contribution < 1.29 is 74.4 Å². The molecule has 2 saturated heterocycles. The zero-order chi connectivity index (χ0) is 31.2. The fraction of sp³-hybridized carbons (Fsp3) is 0.444. The minimum atomic E-state index is -1.87. The Morgan fingerprint density at radius 1 is 0.698 bits per heavy atom. The predicted octanol–water partition coefficient (Wildman–Crippen LogP) is -2.42. The predicted molar refractivity (Wildman–Crippen MR) is 140 cm³/mol. The largest absolute Gasteiger partial charge is 0.507 e. The molecule has 0 unspecified atom stereocenters. The first-order chi connectivity index (χ1) is 20.4. The number of fused-ring (bicyclic) bond motifs is 1. The van der Waals surface area contributed by atoms with Crippen LogP contribution in [0.4, 0.5) is 0 Å². The fourth-order valence-electron chi connectivity index (χ4n) is 4.92. The van der Waals surface area contributed by atoms with Gasteiger partial charge in [0.1, 0.15) is 77.1 Å². The average molecular weight is 611 g/mol. The number of rotatable bonds is 7. The molecule has 0 bridgehead atoms. The first kappa shape index (κ1) is 30.9. The topological polar surface area (TPSA) is 269 Å². The molecule has 43 heavy (non-hydrogen) atoms. The van der Waals surface area contributed by atoms with Gasteiger partial charge in [-0.2, -0.15) is 0 Å². The van der Waals surface area contributed by atoms with E-state index in [-0.39, 0.29) is 28.0 Å². The molecule has 3 heterocycles. The molecule has 234 valence electrons. The summed E-state index contributed by atoms with van der Waals surface area (Å²) in [5, 5.41) is 101. The zero-order valence-electron chi connectivity index (χ0n) is 22.1. The van der Waals surface area contributed by atoms with Crippen molar-refractivity contribution in [3.05, 3.63) is 46.6 Å². The van der Waals surface area contributed by atoms with Crippen molar-refractivity contribution in [1.29, 1.82) is 0 Å². The molecule has 2 aromatic carbocycles. The van der Waals surface area contributed by atoms with E-state index in [2.05, 4.69) is 0 Å². The second-order valence-electron chi connectivity index (χ2n) is 10.1. The van der Waals surface area contributed by atoms with Crippen molar-refractivity contribution in [3.63, 3.8) is 0 Å². The summed E-state index contributed by atoms with van der Waals surface area (Å²) < 4.78 is 27.7. The third kappa shape index (κ3) is 5.85. The van der Waals surface area contributed by atoms with Gasteiger partial charge < -0.3 is 74.4 Å². The lowest BCUT2D eigenvalue weighted by Gasteiger charge is -2.45. The zero-order valence-corrected chi connectivity index (χ0v) is 22.1. The van der Waals surface area contributed by atoms with Gasteiger partial charge >= 0.3 is 0 Å². The van der Waals surface area contributed by atoms with Crippen LogP contribution in [-0.2, 0) is 14.2 Å². The molecule has 2 fully saturated rings. The molecule has 16 nitrogen and oxygen atoms in total. The number of phenols is 3. The number of hydrogen-bond acceptors (Lipinski definition) is 16. The van der Waals surface area contributed by atoms with Crippen LogP contribution in [0.5, 0.6) is 23.0 Å². The van der Waals surface area contributed by atoms with Gasteiger partial charge in [0.05, 0.1) is 13.2 Å². The van der Waals surface area contributed by atoms with Gasteiger partial charge in [-0.15, -0.1) is 0 Å². The first-order valence-corrected chi connectivity index (χ1v) is 13.0. The van der Waals surface area contributed by atoms with Gasteiger partial charge in [-0.1, -0.05) is 0 Å². The number of phenolic OH excluding ortho intramolecular Hbond substituents is 3. The van der Waals surface area contributed by atoms with Crippen LogP contribution in [0.3, 0.4) is 0 Å². The molecule has 2 aliphatic rings. The Morgan fingerprint density at radius 2 is 1.37 bits per heavy atom. The molecule has 0 radical (unpaired) electrons. The first-order valence-electron chi connectivity index (χ1n) is 13.0. The second kappa shape index (κ2) is 12.2. The molecule has 0 saturated carbocycles. The minimum Gasteiger partial charge on any atom is -0.507 e. The molecule has 1 aromatic heterocycles. The van der Waals surface area contributed by atoms with E-state index in [4.69, 9.17) is 23.4 Å². The van der Waals surface area contributed by atoms with Crippen LogP contribution in [0.2, 0.25) is 0 Å². The van der Waals surface area contributed by atoms with Crippen molar-refractivity contribution in [1.82, 2.24) is 0 Å². The lowest BCUT2D eigenvalue weighted by molar-refractivity contribution is -0.352. The number of aliphatic hydroxyl groups is 7. The monoisotopic (exact) mass is 610 g/mol. The van der Waals surface area contributed by atoms with Gasteiger partial charge in [0.15, 0.2) is 23.2 Å². The van der Waals surface area contributed by atoms with Crippen LogP contribution in [-0.4, -0.2) is 126 Å². The van der Waals surface area contributed by atoms with Crippen molar-refractivity contribution in [2.24, 2.45) is 0 Å². The van der Waals surface area contributed by atoms with Gasteiger partial charge in [0, 0.05) is 23.8 Å². The van der Waals surface area contributed by atoms with E-state index < -0.39 is 97.3 Å². The van der Waals surface area contributed by atoms with Gasteiger partial charge in [-0.25, -0.2) is 0 Å². The molecule has 5 rings (SSSR count). The van der Waals surface area contributed by atoms with Gasteiger partial charge in [0.2, 0.25) is 6.29 Å². The van der Waals surface area contributed by atoms with E-state index in [1.807, 2.05) is 0 Å². The van der Waals surface area contributed by atoms with Crippen LogP contribution < -0.4 is 10.2 Å². The average Bonchev–Trinajstić information content (AvgIpc) is 2.97. The molecule has 0 spiro atoms. The van der Waals surface area contributed by atoms with E-state index in [0.717, 1.165) is 18.2 Å². The summed E-state index contributed by atoms with van der Waals surface area (Å²) in [6.45, 7) is -1.54. The summed E-state index contributed by atoms with van der Waals surface area (Å²) in [5.74, 6) is -1.64. The van der Waals surface area contributed by atoms with Crippen LogP contribution >= 0.6 is 0 Å². The van der Waals surface area contributed by atoms with Crippen molar-refractivity contribution in [2.75, 3.05) is 13.2 Å². The van der Waals surface area contributed by atoms with E-state index in [9.17, 15) is 55.9 Å². The number of ether oxygens (including phenoxy) is 4. The summed E-state index contributed by atoms with van der Waals surface area (Å²) in [6, 6.07) is 7.01. The number of aliphatic hydroxyl groups excluding tert-OH is 7. The highest BCUT2D eigenvalue weighted by Gasteiger charge is 2.51. The van der Waals surface area contributed by atoms with Gasteiger partial charge in [0.25, 0.3) is 0 Å². The maximum Gasteiger partial charge on any atom is 0.229 e. The third-order valence-electron chi connectivity index (χ3n) is 7.26. The highest BCUT2D eigenvalue weighted by Crippen LogP contribution is 2.36. The molecule has 10 N–H and O–H groups in total. The quantitative estimate of drug-likeness (QED) is 0.125. The highest BCUT2D eigenvalue weighted by atomic mass is 16.7. The number of aromatic hydroxyl groups is 3. The van der Waals surface area contributed by atoms with E-state index in [0.29, 0.717) is 0 Å². The SMILES string of the molecule is O=c1cc(-c2ccc(O)c(O)c2)oc2cc(O[C@@H]3O[C@H](CO)[C@@H](O[C@@H]4O[C@H](CO)[C@H](O)[C@H](O)[C@H]4O)[C@H](O)[C@H]3O)cc(O)c12. The summed E-state index contributed by atoms with van der Waals surface area (Å²) in [6.07, 6.45) is -16.7. The van der Waals surface area contributed by atoms with E-state index >= 15 is 0 Å². The highest BCUT2D eigenvalue weighted by molar-refractivity contribution is 5.86. The molecule has 10 atom stereocenters. The Bertz CT molecular complexity index is 1500. The number of benzene rings is 2. The van der Waals surface area contributed by atoms with Gasteiger partial charge in [-0.05, 0) is 18.2 Å². The minimum absolute atomic E-state index is 0.0257. The van der Waals surface area contributed by atoms with E-state index in [1.165, 1.54) is 18.2 Å². The van der Waals surface area contributed by atoms with E-state index in [1.54, 1.807) is 0 Å². The normalized spacial score (nSPS) is 33.0. The lowest BCUT2D eigenvalue weighted by Crippen LogP contribution is -2.65. The summed E-state index contributed by atoms with van der Waals surface area (Å²) in [7, 11) is 0. The van der Waals surface area contributed by atoms with Crippen molar-refractivity contribution in [3.8, 4) is 34.3 Å². The Morgan fingerprint density at radius 3 is 2.05 bits per heavy atom. The summed E-state index contributed by atoms with van der Waals surface area (Å²) in [4.78, 5) is 12.7. The molecule has 16 heteroatoms. The molecule has 0 amide bonds. The third-order valence-corrected chi connectivity index (χ3v) is 7.26. The molecular weight excluding hydrogens is 580 g/mol. The summed E-state index contributed by atoms with van der Waals surface area (Å²) in [5.41, 5.74) is -0.588. The Hall–Kier alpha value is -3.55. The van der Waals surface area contributed by atoms with Crippen molar-refractivity contribution >= 4 is 11.0 Å². The van der Waals surface area contributed by atoms with Crippen LogP contribution in [0, 0.1) is 0 Å². The smallest absolute Gasteiger partial charge is 0.229 e. The molecular formula is C27H30O16. The van der Waals surface area contributed by atoms with Crippen LogP contribution in [0.1, 0.15) is 0 Å². The maximum absolute atomic E-state index is 12.7. The maximum atomic E-state index is 12.7. The Kier molecular flexibility index (Phi) is 8.77. The Balaban J connectivity index is 1.38. The van der Waals surface area contributed by atoms with Crippen LogP contribution in [0.25, 0.3) is 22.3 Å². The summed E-state index contributed by atoms with van der Waals surface area (Å²) >= 11 is 0. The number of hydrogen-bond donors (Lipinski definition) is 10. The Labute approximate surface area is 241 Å². The lowest BCUT2D eigenvalue weighted by atomic mass is 9.97. The molecule has 2 aliphatic heterocycles. The fourth-order valence-corrected chi connectivity index (χ4v) is 4.92. The van der Waals surface area contributed by atoms with Gasteiger partial charge in [-0.3, -0.25) is 4.79 Å². The molecule has 3 aromatic rings. The molecule has 0 aliphatic carbocycles. The van der Waals surface area contributed by atoms with Crippen LogP contribution in [0.15, 0.2) is 45.6 Å².